The molecular formula is C12H10ClFO4. The number of halogens is 2. The van der Waals surface area contributed by atoms with Gasteiger partial charge in [0.05, 0.1) is 17.7 Å². The fourth-order valence-corrected chi connectivity index (χ4v) is 2.08. The zero-order valence-corrected chi connectivity index (χ0v) is 10.5. The van der Waals surface area contributed by atoms with Crippen LogP contribution in [0.5, 0.6) is 0 Å². The number of fused-ring (bicyclic) bond motifs is 1. The molecule has 0 spiro atoms. The van der Waals surface area contributed by atoms with Crippen molar-refractivity contribution in [2.24, 2.45) is 0 Å². The Hall–Kier alpha value is -1.62. The molecule has 0 saturated carbocycles. The van der Waals surface area contributed by atoms with E-state index in [1.54, 1.807) is 0 Å². The Kier molecular flexibility index (Phi) is 3.02. The molecule has 6 heteroatoms. The standard InChI is InChI=1S/C12H10ClFO4/c1-12(11(16)17-2)5-6-3-9(14)8(13)4-7(6)10(15)18-12/h3-4H,5H2,1-2H3. The summed E-state index contributed by atoms with van der Waals surface area (Å²) in [5.74, 6) is -2.04. The second-order valence-corrected chi connectivity index (χ2v) is 4.62. The Morgan fingerprint density at radius 1 is 1.56 bits per heavy atom. The van der Waals surface area contributed by atoms with Crippen LogP contribution in [-0.2, 0) is 20.7 Å². The van der Waals surface area contributed by atoms with E-state index in [4.69, 9.17) is 16.3 Å². The minimum Gasteiger partial charge on any atom is -0.466 e. The van der Waals surface area contributed by atoms with Gasteiger partial charge in [-0.25, -0.2) is 14.0 Å². The van der Waals surface area contributed by atoms with Crippen LogP contribution in [0.4, 0.5) is 4.39 Å². The first-order valence-corrected chi connectivity index (χ1v) is 5.55. The third-order valence-electron chi connectivity index (χ3n) is 2.83. The third kappa shape index (κ3) is 1.95. The minimum absolute atomic E-state index is 0.0504. The van der Waals surface area contributed by atoms with Gasteiger partial charge in [-0.1, -0.05) is 11.6 Å². The summed E-state index contributed by atoms with van der Waals surface area (Å²) in [6, 6.07) is 2.34. The SMILES string of the molecule is COC(=O)C1(C)Cc2cc(F)c(Cl)cc2C(=O)O1. The van der Waals surface area contributed by atoms with E-state index in [0.717, 1.165) is 6.07 Å². The fourth-order valence-electron chi connectivity index (χ4n) is 1.91. The molecule has 4 nitrogen and oxygen atoms in total. The zero-order chi connectivity index (χ0) is 13.5. The zero-order valence-electron chi connectivity index (χ0n) is 9.75. The van der Waals surface area contributed by atoms with E-state index in [0.29, 0.717) is 5.56 Å². The highest BCUT2D eigenvalue weighted by Crippen LogP contribution is 2.31. The van der Waals surface area contributed by atoms with E-state index in [9.17, 15) is 14.0 Å². The molecular weight excluding hydrogens is 263 g/mol. The second-order valence-electron chi connectivity index (χ2n) is 4.21. The van der Waals surface area contributed by atoms with E-state index in [1.807, 2.05) is 0 Å². The topological polar surface area (TPSA) is 52.6 Å². The van der Waals surface area contributed by atoms with Gasteiger partial charge in [0.25, 0.3) is 0 Å². The summed E-state index contributed by atoms with van der Waals surface area (Å²) in [7, 11) is 1.19. The van der Waals surface area contributed by atoms with E-state index in [-0.39, 0.29) is 17.0 Å². The number of benzene rings is 1. The number of carbonyl (C=O) groups is 2. The maximum atomic E-state index is 13.4. The lowest BCUT2D eigenvalue weighted by atomic mass is 9.90. The van der Waals surface area contributed by atoms with Gasteiger partial charge < -0.3 is 9.47 Å². The largest absolute Gasteiger partial charge is 0.466 e. The van der Waals surface area contributed by atoms with Crippen LogP contribution in [-0.4, -0.2) is 24.6 Å². The van der Waals surface area contributed by atoms with Crippen molar-refractivity contribution in [2.45, 2.75) is 18.9 Å². The van der Waals surface area contributed by atoms with E-state index in [1.165, 1.54) is 20.1 Å². The van der Waals surface area contributed by atoms with Crippen molar-refractivity contribution in [3.05, 3.63) is 34.1 Å². The molecule has 1 aromatic carbocycles. The van der Waals surface area contributed by atoms with E-state index < -0.39 is 23.4 Å². The summed E-state index contributed by atoms with van der Waals surface area (Å²) >= 11 is 5.60. The Labute approximate surface area is 108 Å². The Bertz CT molecular complexity index is 543. The molecule has 1 unspecified atom stereocenters. The number of carbonyl (C=O) groups excluding carboxylic acids is 2. The minimum atomic E-state index is -1.43. The second kappa shape index (κ2) is 4.24. The lowest BCUT2D eigenvalue weighted by Crippen LogP contribution is -2.46. The van der Waals surface area contributed by atoms with Crippen molar-refractivity contribution >= 4 is 23.5 Å². The van der Waals surface area contributed by atoms with Gasteiger partial charge in [0.1, 0.15) is 5.82 Å². The molecule has 0 radical (unpaired) electrons. The molecule has 0 saturated heterocycles. The molecule has 96 valence electrons. The molecule has 1 aliphatic heterocycles. The number of methoxy groups -OCH3 is 1. The fraction of sp³-hybridized carbons (Fsp3) is 0.333. The van der Waals surface area contributed by atoms with Crippen molar-refractivity contribution in [3.63, 3.8) is 0 Å². The van der Waals surface area contributed by atoms with Gasteiger partial charge in [-0.15, -0.1) is 0 Å². The van der Waals surface area contributed by atoms with Gasteiger partial charge in [-0.3, -0.25) is 0 Å². The number of hydrogen-bond donors (Lipinski definition) is 0. The summed E-state index contributed by atoms with van der Waals surface area (Å²) in [5, 5.41) is -0.160. The molecule has 0 N–H and O–H groups in total. The van der Waals surface area contributed by atoms with Crippen LogP contribution in [0.2, 0.25) is 5.02 Å². The lowest BCUT2D eigenvalue weighted by Gasteiger charge is -2.31. The summed E-state index contributed by atoms with van der Waals surface area (Å²) in [4.78, 5) is 23.4. The van der Waals surface area contributed by atoms with E-state index >= 15 is 0 Å². The van der Waals surface area contributed by atoms with Crippen LogP contribution >= 0.6 is 11.6 Å². The van der Waals surface area contributed by atoms with Crippen LogP contribution in [0.15, 0.2) is 12.1 Å². The molecule has 0 fully saturated rings. The predicted molar refractivity (Wildman–Crippen MR) is 61.0 cm³/mol. The quantitative estimate of drug-likeness (QED) is 0.735. The van der Waals surface area contributed by atoms with Crippen molar-refractivity contribution in [1.29, 1.82) is 0 Å². The monoisotopic (exact) mass is 272 g/mol. The number of cyclic esters (lactones) is 1. The van der Waals surface area contributed by atoms with Gasteiger partial charge >= 0.3 is 11.9 Å². The maximum absolute atomic E-state index is 13.4. The predicted octanol–water partition coefficient (Wildman–Crippen LogP) is 2.12. The van der Waals surface area contributed by atoms with Crippen molar-refractivity contribution < 1.29 is 23.5 Å². The van der Waals surface area contributed by atoms with Gasteiger partial charge in [0, 0.05) is 6.42 Å². The van der Waals surface area contributed by atoms with Gasteiger partial charge in [-0.05, 0) is 24.6 Å². The number of hydrogen-bond acceptors (Lipinski definition) is 4. The molecule has 1 heterocycles. The van der Waals surface area contributed by atoms with Crippen molar-refractivity contribution in [2.75, 3.05) is 7.11 Å². The molecule has 0 aromatic heterocycles. The number of rotatable bonds is 1. The van der Waals surface area contributed by atoms with Crippen LogP contribution in [0.25, 0.3) is 0 Å². The number of esters is 2. The van der Waals surface area contributed by atoms with Crippen molar-refractivity contribution in [3.8, 4) is 0 Å². The molecule has 1 aromatic rings. The molecule has 18 heavy (non-hydrogen) atoms. The van der Waals surface area contributed by atoms with Gasteiger partial charge in [0.15, 0.2) is 0 Å². The van der Waals surface area contributed by atoms with Crippen LogP contribution in [0.1, 0.15) is 22.8 Å². The van der Waals surface area contributed by atoms with Crippen molar-refractivity contribution in [1.82, 2.24) is 0 Å². The molecule has 2 rings (SSSR count). The third-order valence-corrected chi connectivity index (χ3v) is 3.12. The molecule has 1 atom stereocenters. The van der Waals surface area contributed by atoms with Crippen LogP contribution in [0.3, 0.4) is 0 Å². The molecule has 0 aliphatic carbocycles. The van der Waals surface area contributed by atoms with E-state index in [2.05, 4.69) is 4.74 Å². The highest BCUT2D eigenvalue weighted by Gasteiger charge is 2.44. The first-order chi connectivity index (χ1) is 8.37. The van der Waals surface area contributed by atoms with Crippen LogP contribution in [0, 0.1) is 5.82 Å². The van der Waals surface area contributed by atoms with Gasteiger partial charge in [0.2, 0.25) is 5.60 Å². The number of ether oxygens (including phenoxy) is 2. The highest BCUT2D eigenvalue weighted by atomic mass is 35.5. The lowest BCUT2D eigenvalue weighted by molar-refractivity contribution is -0.161. The summed E-state index contributed by atoms with van der Waals surface area (Å²) in [6.45, 7) is 1.42. The van der Waals surface area contributed by atoms with Crippen LogP contribution < -0.4 is 0 Å². The molecule has 0 amide bonds. The Morgan fingerprint density at radius 3 is 2.83 bits per heavy atom. The summed E-state index contributed by atoms with van der Waals surface area (Å²) < 4.78 is 23.0. The smallest absolute Gasteiger partial charge is 0.350 e. The average Bonchev–Trinajstić information content (AvgIpc) is 2.31. The first-order valence-electron chi connectivity index (χ1n) is 5.17. The summed E-state index contributed by atoms with van der Waals surface area (Å²) in [6.07, 6.45) is 0.0504. The highest BCUT2D eigenvalue weighted by molar-refractivity contribution is 6.31. The Balaban J connectivity index is 2.49. The Morgan fingerprint density at radius 2 is 2.22 bits per heavy atom. The van der Waals surface area contributed by atoms with Gasteiger partial charge in [-0.2, -0.15) is 0 Å². The molecule has 0 bridgehead atoms. The average molecular weight is 273 g/mol. The summed E-state index contributed by atoms with van der Waals surface area (Å²) in [5.41, 5.74) is -0.886. The maximum Gasteiger partial charge on any atom is 0.350 e. The normalized spacial score (nSPS) is 22.1. The molecule has 1 aliphatic rings. The first kappa shape index (κ1) is 12.8.